The van der Waals surface area contributed by atoms with E-state index in [1.807, 2.05) is 29.8 Å². The second kappa shape index (κ2) is 3.92. The summed E-state index contributed by atoms with van der Waals surface area (Å²) in [5, 5.41) is 7.97. The summed E-state index contributed by atoms with van der Waals surface area (Å²) in [5.74, 6) is 0. The molecular weight excluding hydrogens is 242 g/mol. The SMILES string of the molecule is Cc1c(Br)nnn1Cc1ccccc1. The number of hydrogen-bond acceptors (Lipinski definition) is 2. The molecule has 0 aliphatic carbocycles. The lowest BCUT2D eigenvalue weighted by molar-refractivity contribution is 0.633. The van der Waals surface area contributed by atoms with Crippen LogP contribution in [0.1, 0.15) is 11.3 Å². The van der Waals surface area contributed by atoms with Crippen LogP contribution in [0.2, 0.25) is 0 Å². The molecule has 0 spiro atoms. The minimum atomic E-state index is 0.769. The maximum absolute atomic E-state index is 4.03. The van der Waals surface area contributed by atoms with Crippen molar-refractivity contribution in [2.45, 2.75) is 13.5 Å². The predicted octanol–water partition coefficient (Wildman–Crippen LogP) is 2.40. The van der Waals surface area contributed by atoms with E-state index >= 15 is 0 Å². The van der Waals surface area contributed by atoms with Crippen molar-refractivity contribution in [1.82, 2.24) is 15.0 Å². The Bertz CT molecular complexity index is 422. The summed E-state index contributed by atoms with van der Waals surface area (Å²) in [6.45, 7) is 2.76. The number of benzene rings is 1. The monoisotopic (exact) mass is 251 g/mol. The molecule has 4 heteroatoms. The Morgan fingerprint density at radius 1 is 1.29 bits per heavy atom. The van der Waals surface area contributed by atoms with Gasteiger partial charge >= 0.3 is 0 Å². The minimum absolute atomic E-state index is 0.769. The molecule has 0 saturated heterocycles. The molecule has 0 atom stereocenters. The van der Waals surface area contributed by atoms with Crippen LogP contribution < -0.4 is 0 Å². The van der Waals surface area contributed by atoms with Gasteiger partial charge in [0.15, 0.2) is 4.60 Å². The zero-order valence-corrected chi connectivity index (χ0v) is 9.40. The van der Waals surface area contributed by atoms with Crippen molar-refractivity contribution in [2.24, 2.45) is 0 Å². The van der Waals surface area contributed by atoms with Crippen molar-refractivity contribution in [3.8, 4) is 0 Å². The van der Waals surface area contributed by atoms with Crippen LogP contribution in [0.3, 0.4) is 0 Å². The lowest BCUT2D eigenvalue weighted by atomic mass is 10.2. The van der Waals surface area contributed by atoms with Crippen LogP contribution in [0.5, 0.6) is 0 Å². The molecule has 1 aromatic carbocycles. The highest BCUT2D eigenvalue weighted by molar-refractivity contribution is 9.10. The van der Waals surface area contributed by atoms with E-state index in [2.05, 4.69) is 38.4 Å². The molecule has 2 aromatic rings. The van der Waals surface area contributed by atoms with E-state index in [0.717, 1.165) is 16.8 Å². The summed E-state index contributed by atoms with van der Waals surface area (Å²) in [4.78, 5) is 0. The van der Waals surface area contributed by atoms with Crippen LogP contribution in [-0.4, -0.2) is 15.0 Å². The van der Waals surface area contributed by atoms with Crippen molar-refractivity contribution >= 4 is 15.9 Å². The van der Waals surface area contributed by atoms with Crippen LogP contribution in [-0.2, 0) is 6.54 Å². The van der Waals surface area contributed by atoms with E-state index in [-0.39, 0.29) is 0 Å². The van der Waals surface area contributed by atoms with Crippen molar-refractivity contribution in [2.75, 3.05) is 0 Å². The number of rotatable bonds is 2. The van der Waals surface area contributed by atoms with Crippen LogP contribution in [0, 0.1) is 6.92 Å². The zero-order chi connectivity index (χ0) is 9.97. The summed E-state index contributed by atoms with van der Waals surface area (Å²) in [6, 6.07) is 10.2. The third-order valence-electron chi connectivity index (χ3n) is 2.10. The van der Waals surface area contributed by atoms with E-state index in [4.69, 9.17) is 0 Å². The summed E-state index contributed by atoms with van der Waals surface area (Å²) >= 11 is 3.33. The molecule has 0 radical (unpaired) electrons. The number of aromatic nitrogens is 3. The summed E-state index contributed by atoms with van der Waals surface area (Å²) in [6.07, 6.45) is 0. The topological polar surface area (TPSA) is 30.7 Å². The molecule has 0 bridgehead atoms. The average molecular weight is 252 g/mol. The van der Waals surface area contributed by atoms with Crippen molar-refractivity contribution in [3.63, 3.8) is 0 Å². The van der Waals surface area contributed by atoms with Crippen molar-refractivity contribution < 1.29 is 0 Å². The predicted molar refractivity (Wildman–Crippen MR) is 58.0 cm³/mol. The van der Waals surface area contributed by atoms with E-state index in [9.17, 15) is 0 Å². The van der Waals surface area contributed by atoms with Gasteiger partial charge in [0.2, 0.25) is 0 Å². The highest BCUT2D eigenvalue weighted by Crippen LogP contribution is 2.12. The van der Waals surface area contributed by atoms with Gasteiger partial charge in [-0.05, 0) is 28.4 Å². The van der Waals surface area contributed by atoms with E-state index in [0.29, 0.717) is 0 Å². The Kier molecular flexibility index (Phi) is 2.63. The van der Waals surface area contributed by atoms with Gasteiger partial charge in [-0.3, -0.25) is 0 Å². The van der Waals surface area contributed by atoms with Gasteiger partial charge in [-0.1, -0.05) is 35.5 Å². The van der Waals surface area contributed by atoms with Crippen LogP contribution >= 0.6 is 15.9 Å². The first-order valence-electron chi connectivity index (χ1n) is 4.37. The fourth-order valence-corrected chi connectivity index (χ4v) is 1.52. The Morgan fingerprint density at radius 3 is 2.57 bits per heavy atom. The molecule has 0 N–H and O–H groups in total. The quantitative estimate of drug-likeness (QED) is 0.821. The van der Waals surface area contributed by atoms with Crippen LogP contribution in [0.25, 0.3) is 0 Å². The third kappa shape index (κ3) is 1.85. The Labute approximate surface area is 90.9 Å². The van der Waals surface area contributed by atoms with Gasteiger partial charge in [-0.2, -0.15) is 0 Å². The lowest BCUT2D eigenvalue weighted by Crippen LogP contribution is -2.03. The highest BCUT2D eigenvalue weighted by Gasteiger charge is 2.04. The molecule has 1 aromatic heterocycles. The zero-order valence-electron chi connectivity index (χ0n) is 7.81. The van der Waals surface area contributed by atoms with Gasteiger partial charge in [0.1, 0.15) is 0 Å². The van der Waals surface area contributed by atoms with E-state index in [1.165, 1.54) is 5.56 Å². The Hall–Kier alpha value is -1.16. The van der Waals surface area contributed by atoms with Crippen molar-refractivity contribution in [1.29, 1.82) is 0 Å². The number of hydrogen-bond donors (Lipinski definition) is 0. The maximum Gasteiger partial charge on any atom is 0.151 e. The third-order valence-corrected chi connectivity index (χ3v) is 2.83. The molecule has 14 heavy (non-hydrogen) atoms. The number of nitrogens with zero attached hydrogens (tertiary/aromatic N) is 3. The second-order valence-corrected chi connectivity index (χ2v) is 3.86. The van der Waals surface area contributed by atoms with Gasteiger partial charge < -0.3 is 0 Å². The lowest BCUT2D eigenvalue weighted by Gasteiger charge is -2.02. The molecule has 0 aliphatic rings. The molecule has 0 fully saturated rings. The molecule has 2 rings (SSSR count). The molecule has 72 valence electrons. The summed E-state index contributed by atoms with van der Waals surface area (Å²) in [5.41, 5.74) is 2.28. The fraction of sp³-hybridized carbons (Fsp3) is 0.200. The van der Waals surface area contributed by atoms with Gasteiger partial charge in [0.05, 0.1) is 12.2 Å². The Balaban J connectivity index is 2.23. The molecule has 0 amide bonds. The van der Waals surface area contributed by atoms with E-state index in [1.54, 1.807) is 0 Å². The highest BCUT2D eigenvalue weighted by atomic mass is 79.9. The molecule has 1 heterocycles. The largest absolute Gasteiger partial charge is 0.244 e. The summed E-state index contributed by atoms with van der Waals surface area (Å²) < 4.78 is 2.69. The molecule has 0 saturated carbocycles. The Morgan fingerprint density at radius 2 is 2.00 bits per heavy atom. The average Bonchev–Trinajstić information content (AvgIpc) is 2.52. The van der Waals surface area contributed by atoms with Crippen molar-refractivity contribution in [3.05, 3.63) is 46.2 Å². The normalized spacial score (nSPS) is 10.4. The first-order chi connectivity index (χ1) is 6.77. The van der Waals surface area contributed by atoms with Gasteiger partial charge in [0, 0.05) is 0 Å². The van der Waals surface area contributed by atoms with Crippen LogP contribution in [0.4, 0.5) is 0 Å². The van der Waals surface area contributed by atoms with Crippen LogP contribution in [0.15, 0.2) is 34.9 Å². The first kappa shape index (κ1) is 9.40. The molecule has 0 aliphatic heterocycles. The standard InChI is InChI=1S/C10H10BrN3/c1-8-10(11)12-13-14(8)7-9-5-3-2-4-6-9/h2-6H,7H2,1H3. The second-order valence-electron chi connectivity index (χ2n) is 3.11. The maximum atomic E-state index is 4.03. The minimum Gasteiger partial charge on any atom is -0.244 e. The number of halogens is 1. The molecule has 3 nitrogen and oxygen atoms in total. The summed E-state index contributed by atoms with van der Waals surface area (Å²) in [7, 11) is 0. The van der Waals surface area contributed by atoms with Gasteiger partial charge in [0.25, 0.3) is 0 Å². The smallest absolute Gasteiger partial charge is 0.151 e. The fourth-order valence-electron chi connectivity index (χ4n) is 1.25. The van der Waals surface area contributed by atoms with E-state index < -0.39 is 0 Å². The molecule has 0 unspecified atom stereocenters. The molecular formula is C10H10BrN3. The van der Waals surface area contributed by atoms with Gasteiger partial charge in [-0.25, -0.2) is 4.68 Å². The van der Waals surface area contributed by atoms with Gasteiger partial charge in [-0.15, -0.1) is 5.10 Å². The first-order valence-corrected chi connectivity index (χ1v) is 5.16.